The van der Waals surface area contributed by atoms with Crippen LogP contribution in [0.3, 0.4) is 0 Å². The summed E-state index contributed by atoms with van der Waals surface area (Å²) < 4.78 is 26.7. The van der Waals surface area contributed by atoms with Crippen LogP contribution in [-0.2, 0) is 10.0 Å². The van der Waals surface area contributed by atoms with Gasteiger partial charge in [-0.2, -0.15) is 0 Å². The van der Waals surface area contributed by atoms with Gasteiger partial charge in [-0.15, -0.1) is 0 Å². The Labute approximate surface area is 169 Å². The molecule has 7 heteroatoms. The Bertz CT molecular complexity index is 868. The number of carbonyl (C=O) groups is 1. The molecule has 0 saturated heterocycles. The van der Waals surface area contributed by atoms with Gasteiger partial charge in [0.05, 0.1) is 10.5 Å². The Hall–Kier alpha value is -1.45. The topological polar surface area (TPSA) is 57.7 Å². The molecule has 2 aromatic rings. The molecule has 0 aliphatic carbocycles. The summed E-state index contributed by atoms with van der Waals surface area (Å²) in [4.78, 5) is 15.1. The van der Waals surface area contributed by atoms with Crippen molar-refractivity contribution in [3.8, 4) is 0 Å². The van der Waals surface area contributed by atoms with Crippen molar-refractivity contribution in [1.82, 2.24) is 4.31 Å². The zero-order valence-electron chi connectivity index (χ0n) is 15.1. The van der Waals surface area contributed by atoms with E-state index in [0.29, 0.717) is 12.1 Å². The van der Waals surface area contributed by atoms with Crippen LogP contribution in [0.2, 0.25) is 0 Å². The maximum Gasteiger partial charge on any atom is 0.259 e. The Kier molecular flexibility index (Phi) is 7.19. The van der Waals surface area contributed by atoms with Crippen molar-refractivity contribution in [3.63, 3.8) is 0 Å². The highest BCUT2D eigenvalue weighted by Crippen LogP contribution is 2.24. The van der Waals surface area contributed by atoms with Crippen molar-refractivity contribution in [2.24, 2.45) is 0 Å². The molecule has 0 unspecified atom stereocenters. The van der Waals surface area contributed by atoms with E-state index in [-0.39, 0.29) is 10.8 Å². The lowest BCUT2D eigenvalue weighted by atomic mass is 10.1. The monoisotopic (exact) mass is 486 g/mol. The van der Waals surface area contributed by atoms with Gasteiger partial charge in [0.2, 0.25) is 10.0 Å². The average Bonchev–Trinajstić information content (AvgIpc) is 2.62. The zero-order chi connectivity index (χ0) is 19.3. The third kappa shape index (κ3) is 4.63. The molecule has 0 aliphatic rings. The number of rotatable bonds is 7. The highest BCUT2D eigenvalue weighted by molar-refractivity contribution is 14.1. The molecular weight excluding hydrogens is 463 g/mol. The summed E-state index contributed by atoms with van der Waals surface area (Å²) in [6.07, 6.45) is 1.83. The van der Waals surface area contributed by atoms with E-state index in [2.05, 4.69) is 29.5 Å². The second-order valence-corrected chi connectivity index (χ2v) is 9.39. The molecular formula is C19H23IN2O3S. The van der Waals surface area contributed by atoms with Gasteiger partial charge in [-0.05, 0) is 59.3 Å². The molecule has 1 amide bonds. The Balaban J connectivity index is 2.48. The minimum absolute atomic E-state index is 0.120. The number of anilines is 1. The summed E-state index contributed by atoms with van der Waals surface area (Å²) in [6, 6.07) is 14.1. The molecule has 0 heterocycles. The van der Waals surface area contributed by atoms with Gasteiger partial charge in [-0.25, -0.2) is 12.7 Å². The SMILES string of the molecule is CCCCN(C(=O)c1cc(S(=O)(=O)N(C)C)ccc1I)c1ccccc1. The number of benzene rings is 2. The summed E-state index contributed by atoms with van der Waals surface area (Å²) in [6.45, 7) is 2.65. The number of nitrogens with zero attached hydrogens (tertiary/aromatic N) is 2. The molecule has 140 valence electrons. The van der Waals surface area contributed by atoms with E-state index in [9.17, 15) is 13.2 Å². The number of amides is 1. The first kappa shape index (κ1) is 20.9. The molecule has 2 rings (SSSR count). The molecule has 0 aliphatic heterocycles. The molecule has 0 fully saturated rings. The van der Waals surface area contributed by atoms with Gasteiger partial charge in [0.25, 0.3) is 5.91 Å². The van der Waals surface area contributed by atoms with Crippen LogP contribution in [0.15, 0.2) is 53.4 Å². The third-order valence-corrected chi connectivity index (χ3v) is 6.75. The van der Waals surface area contributed by atoms with Gasteiger partial charge in [0, 0.05) is 29.9 Å². The molecule has 0 aromatic heterocycles. The van der Waals surface area contributed by atoms with Gasteiger partial charge >= 0.3 is 0 Å². The van der Waals surface area contributed by atoms with Gasteiger partial charge in [-0.3, -0.25) is 4.79 Å². The number of sulfonamides is 1. The first-order chi connectivity index (χ1) is 12.3. The van der Waals surface area contributed by atoms with Crippen molar-refractivity contribution >= 4 is 44.2 Å². The highest BCUT2D eigenvalue weighted by atomic mass is 127. The third-order valence-electron chi connectivity index (χ3n) is 4.00. The lowest BCUT2D eigenvalue weighted by molar-refractivity contribution is 0.0985. The zero-order valence-corrected chi connectivity index (χ0v) is 18.1. The van der Waals surface area contributed by atoms with Crippen LogP contribution < -0.4 is 4.90 Å². The quantitative estimate of drug-likeness (QED) is 0.557. The highest BCUT2D eigenvalue weighted by Gasteiger charge is 2.24. The van der Waals surface area contributed by atoms with Gasteiger partial charge in [0.1, 0.15) is 0 Å². The molecule has 0 bridgehead atoms. The van der Waals surface area contributed by atoms with Gasteiger partial charge < -0.3 is 4.90 Å². The molecule has 0 saturated carbocycles. The van der Waals surface area contributed by atoms with Crippen molar-refractivity contribution < 1.29 is 13.2 Å². The molecule has 0 N–H and O–H groups in total. The van der Waals surface area contributed by atoms with E-state index in [4.69, 9.17) is 0 Å². The molecule has 2 aromatic carbocycles. The van der Waals surface area contributed by atoms with Crippen LogP contribution in [-0.4, -0.2) is 39.3 Å². The first-order valence-electron chi connectivity index (χ1n) is 8.38. The van der Waals surface area contributed by atoms with E-state index < -0.39 is 10.0 Å². The van der Waals surface area contributed by atoms with Crippen LogP contribution >= 0.6 is 22.6 Å². The Morgan fingerprint density at radius 2 is 1.73 bits per heavy atom. The first-order valence-corrected chi connectivity index (χ1v) is 10.9. The van der Waals surface area contributed by atoms with Crippen LogP contribution in [0.4, 0.5) is 5.69 Å². The average molecular weight is 486 g/mol. The van der Waals surface area contributed by atoms with Crippen molar-refractivity contribution in [2.45, 2.75) is 24.7 Å². The predicted octanol–water partition coefficient (Wildman–Crippen LogP) is 3.99. The summed E-state index contributed by atoms with van der Waals surface area (Å²) in [5, 5.41) is 0. The molecule has 26 heavy (non-hydrogen) atoms. The van der Waals surface area contributed by atoms with Crippen molar-refractivity contribution in [2.75, 3.05) is 25.5 Å². The molecule has 0 spiro atoms. The molecule has 0 radical (unpaired) electrons. The fraction of sp³-hybridized carbons (Fsp3) is 0.316. The van der Waals surface area contributed by atoms with E-state index in [1.165, 1.54) is 26.2 Å². The Morgan fingerprint density at radius 3 is 2.31 bits per heavy atom. The fourth-order valence-electron chi connectivity index (χ4n) is 2.46. The number of unbranched alkanes of at least 4 members (excludes halogenated alkanes) is 1. The second kappa shape index (κ2) is 8.96. The normalized spacial score (nSPS) is 11.6. The van der Waals surface area contributed by atoms with Crippen LogP contribution in [0.25, 0.3) is 0 Å². The summed E-state index contributed by atoms with van der Waals surface area (Å²) in [7, 11) is -0.641. The van der Waals surface area contributed by atoms with Crippen LogP contribution in [0.5, 0.6) is 0 Å². The van der Waals surface area contributed by atoms with E-state index >= 15 is 0 Å². The van der Waals surface area contributed by atoms with Crippen LogP contribution in [0, 0.1) is 3.57 Å². The molecule has 0 atom stereocenters. The largest absolute Gasteiger partial charge is 0.308 e. The number of halogens is 1. The number of carbonyl (C=O) groups excluding carboxylic acids is 1. The summed E-state index contributed by atoms with van der Waals surface area (Å²) in [5.74, 6) is -0.190. The van der Waals surface area contributed by atoms with E-state index in [1.54, 1.807) is 11.0 Å². The number of hydrogen-bond acceptors (Lipinski definition) is 3. The number of hydrogen-bond donors (Lipinski definition) is 0. The van der Waals surface area contributed by atoms with Crippen molar-refractivity contribution in [3.05, 3.63) is 57.7 Å². The molecule has 5 nitrogen and oxygen atoms in total. The van der Waals surface area contributed by atoms with Crippen molar-refractivity contribution in [1.29, 1.82) is 0 Å². The fourth-order valence-corrected chi connectivity index (χ4v) is 3.95. The standard InChI is InChI=1S/C19H23IN2O3S/c1-4-5-13-22(15-9-7-6-8-10-15)19(23)17-14-16(11-12-18(17)20)26(24,25)21(2)3/h6-12,14H,4-5,13H2,1-3H3. The Morgan fingerprint density at radius 1 is 1.08 bits per heavy atom. The number of para-hydroxylation sites is 1. The van der Waals surface area contributed by atoms with Gasteiger partial charge in [0.15, 0.2) is 0 Å². The van der Waals surface area contributed by atoms with Gasteiger partial charge in [-0.1, -0.05) is 31.5 Å². The summed E-state index contributed by atoms with van der Waals surface area (Å²) >= 11 is 2.07. The summed E-state index contributed by atoms with van der Waals surface area (Å²) in [5.41, 5.74) is 1.20. The predicted molar refractivity (Wildman–Crippen MR) is 113 cm³/mol. The lowest BCUT2D eigenvalue weighted by Crippen LogP contribution is -2.32. The van der Waals surface area contributed by atoms with E-state index in [1.807, 2.05) is 30.3 Å². The lowest BCUT2D eigenvalue weighted by Gasteiger charge is -2.24. The second-order valence-electron chi connectivity index (χ2n) is 6.07. The maximum absolute atomic E-state index is 13.2. The minimum Gasteiger partial charge on any atom is -0.308 e. The van der Waals surface area contributed by atoms with E-state index in [0.717, 1.165) is 26.4 Å². The minimum atomic E-state index is -3.60. The smallest absolute Gasteiger partial charge is 0.259 e. The maximum atomic E-state index is 13.2. The van der Waals surface area contributed by atoms with Crippen LogP contribution in [0.1, 0.15) is 30.1 Å².